The summed E-state index contributed by atoms with van der Waals surface area (Å²) in [5.74, 6) is -0.0117. The van der Waals surface area contributed by atoms with Crippen molar-refractivity contribution in [1.82, 2.24) is 5.32 Å². The lowest BCUT2D eigenvalue weighted by Gasteiger charge is -2.30. The number of hydrogen-bond donors (Lipinski definition) is 2. The van der Waals surface area contributed by atoms with Crippen LogP contribution in [0.2, 0.25) is 0 Å². The van der Waals surface area contributed by atoms with Crippen LogP contribution in [0.3, 0.4) is 0 Å². The highest BCUT2D eigenvalue weighted by Crippen LogP contribution is 2.23. The van der Waals surface area contributed by atoms with Gasteiger partial charge in [0.1, 0.15) is 0 Å². The first kappa shape index (κ1) is 15.7. The lowest BCUT2D eigenvalue weighted by Crippen LogP contribution is -2.41. The third kappa shape index (κ3) is 4.06. The number of benzene rings is 1. The molecule has 0 saturated heterocycles. The average Bonchev–Trinajstić information content (AvgIpc) is 2.49. The Morgan fingerprint density at radius 2 is 1.74 bits per heavy atom. The Morgan fingerprint density at radius 1 is 1.16 bits per heavy atom. The van der Waals surface area contributed by atoms with Crippen LogP contribution in [-0.4, -0.2) is 19.0 Å². The summed E-state index contributed by atoms with van der Waals surface area (Å²) in [5.41, 5.74) is 7.83. The molecule has 3 N–H and O–H groups in total. The lowest BCUT2D eigenvalue weighted by molar-refractivity contribution is 0.0928. The molecule has 19 heavy (non-hydrogen) atoms. The molecule has 0 aliphatic carbocycles. The second kappa shape index (κ2) is 7.29. The summed E-state index contributed by atoms with van der Waals surface area (Å²) in [7, 11) is 0. The molecule has 0 spiro atoms. The molecule has 3 heteroatoms. The minimum atomic E-state index is -0.0117. The summed E-state index contributed by atoms with van der Waals surface area (Å²) in [6, 6.07) is 7.78. The number of nitrogens with two attached hydrogens (primary N) is 1. The highest BCUT2D eigenvalue weighted by atomic mass is 16.1. The van der Waals surface area contributed by atoms with E-state index in [4.69, 9.17) is 5.73 Å². The van der Waals surface area contributed by atoms with Crippen LogP contribution in [0.15, 0.2) is 24.3 Å². The molecule has 0 unspecified atom stereocenters. The molecule has 0 atom stereocenters. The van der Waals surface area contributed by atoms with Gasteiger partial charge in [0.15, 0.2) is 0 Å². The van der Waals surface area contributed by atoms with Gasteiger partial charge in [-0.25, -0.2) is 0 Å². The molecule has 0 aliphatic rings. The van der Waals surface area contributed by atoms with Gasteiger partial charge in [-0.1, -0.05) is 32.9 Å². The maximum atomic E-state index is 12.1. The molecule has 0 aliphatic heterocycles. The van der Waals surface area contributed by atoms with Crippen LogP contribution in [0, 0.1) is 5.41 Å². The first-order valence-corrected chi connectivity index (χ1v) is 7.18. The Hall–Kier alpha value is -1.35. The van der Waals surface area contributed by atoms with Crippen molar-refractivity contribution < 1.29 is 4.79 Å². The Balaban J connectivity index is 2.63. The highest BCUT2D eigenvalue weighted by Gasteiger charge is 2.24. The molecule has 0 bridgehead atoms. The van der Waals surface area contributed by atoms with Gasteiger partial charge >= 0.3 is 0 Å². The number of carbonyl (C=O) groups is 1. The first-order valence-electron chi connectivity index (χ1n) is 7.18. The van der Waals surface area contributed by atoms with Crippen LogP contribution < -0.4 is 11.1 Å². The summed E-state index contributed by atoms with van der Waals surface area (Å²) >= 11 is 0. The van der Waals surface area contributed by atoms with Gasteiger partial charge < -0.3 is 11.1 Å². The second-order valence-electron chi connectivity index (χ2n) is 5.14. The SMILES string of the molecule is CCc1ccc(C(=O)NCC(CC)(CC)CN)cc1. The topological polar surface area (TPSA) is 55.1 Å². The molecule has 1 amide bonds. The largest absolute Gasteiger partial charge is 0.351 e. The van der Waals surface area contributed by atoms with Crippen LogP contribution in [0.5, 0.6) is 0 Å². The maximum Gasteiger partial charge on any atom is 0.251 e. The number of carbonyl (C=O) groups excluding carboxylic acids is 1. The number of rotatable bonds is 7. The second-order valence-corrected chi connectivity index (χ2v) is 5.14. The normalized spacial score (nSPS) is 11.4. The van der Waals surface area contributed by atoms with E-state index in [1.165, 1.54) is 5.56 Å². The number of nitrogens with one attached hydrogen (secondary N) is 1. The third-order valence-electron chi connectivity index (χ3n) is 4.18. The minimum Gasteiger partial charge on any atom is -0.351 e. The summed E-state index contributed by atoms with van der Waals surface area (Å²) in [5, 5.41) is 3.01. The monoisotopic (exact) mass is 262 g/mol. The predicted molar refractivity (Wildman–Crippen MR) is 80.2 cm³/mol. The Labute approximate surface area is 116 Å². The van der Waals surface area contributed by atoms with Crippen molar-refractivity contribution in [2.24, 2.45) is 11.1 Å². The van der Waals surface area contributed by atoms with Gasteiger partial charge in [0.2, 0.25) is 0 Å². The molecule has 106 valence electrons. The summed E-state index contributed by atoms with van der Waals surface area (Å²) in [4.78, 5) is 12.1. The third-order valence-corrected chi connectivity index (χ3v) is 4.18. The van der Waals surface area contributed by atoms with E-state index < -0.39 is 0 Å². The molecular formula is C16H26N2O. The summed E-state index contributed by atoms with van der Waals surface area (Å²) < 4.78 is 0. The quantitative estimate of drug-likeness (QED) is 0.794. The predicted octanol–water partition coefficient (Wildman–Crippen LogP) is 2.74. The summed E-state index contributed by atoms with van der Waals surface area (Å²) in [6.45, 7) is 7.60. The molecule has 1 aromatic carbocycles. The Bertz CT molecular complexity index is 385. The van der Waals surface area contributed by atoms with Crippen molar-refractivity contribution >= 4 is 5.91 Å². The fourth-order valence-electron chi connectivity index (χ4n) is 2.12. The number of aryl methyl sites for hydroxylation is 1. The van der Waals surface area contributed by atoms with E-state index in [0.717, 1.165) is 24.8 Å². The zero-order valence-electron chi connectivity index (χ0n) is 12.3. The van der Waals surface area contributed by atoms with Crippen molar-refractivity contribution in [3.8, 4) is 0 Å². The van der Waals surface area contributed by atoms with E-state index in [2.05, 4.69) is 26.1 Å². The average molecular weight is 262 g/mol. The zero-order chi connectivity index (χ0) is 14.3. The van der Waals surface area contributed by atoms with Gasteiger partial charge in [0.05, 0.1) is 0 Å². The van der Waals surface area contributed by atoms with Crippen molar-refractivity contribution in [1.29, 1.82) is 0 Å². The minimum absolute atomic E-state index is 0.0117. The van der Waals surface area contributed by atoms with Gasteiger partial charge in [-0.15, -0.1) is 0 Å². The van der Waals surface area contributed by atoms with Gasteiger partial charge in [-0.2, -0.15) is 0 Å². The van der Waals surface area contributed by atoms with Crippen LogP contribution in [0.25, 0.3) is 0 Å². The van der Waals surface area contributed by atoms with Crippen molar-refractivity contribution in [3.05, 3.63) is 35.4 Å². The van der Waals surface area contributed by atoms with Gasteiger partial charge in [0, 0.05) is 12.1 Å². The van der Waals surface area contributed by atoms with Gasteiger partial charge in [-0.3, -0.25) is 4.79 Å². The van der Waals surface area contributed by atoms with E-state index in [9.17, 15) is 4.79 Å². The van der Waals surface area contributed by atoms with Crippen LogP contribution in [0.4, 0.5) is 0 Å². The molecule has 0 heterocycles. The molecule has 0 radical (unpaired) electrons. The lowest BCUT2D eigenvalue weighted by atomic mass is 9.82. The molecule has 1 aromatic rings. The number of amides is 1. The van der Waals surface area contributed by atoms with Crippen LogP contribution >= 0.6 is 0 Å². The van der Waals surface area contributed by atoms with E-state index >= 15 is 0 Å². The fraction of sp³-hybridized carbons (Fsp3) is 0.562. The molecule has 1 rings (SSSR count). The highest BCUT2D eigenvalue weighted by molar-refractivity contribution is 5.94. The van der Waals surface area contributed by atoms with E-state index in [1.807, 2.05) is 24.3 Å². The standard InChI is InChI=1S/C16H26N2O/c1-4-13-7-9-14(10-8-13)15(19)18-12-16(5-2,6-3)11-17/h7-10H,4-6,11-12,17H2,1-3H3,(H,18,19). The van der Waals surface area contributed by atoms with Crippen molar-refractivity contribution in [2.45, 2.75) is 40.0 Å². The van der Waals surface area contributed by atoms with Crippen LogP contribution in [0.1, 0.15) is 49.5 Å². The van der Waals surface area contributed by atoms with E-state index in [1.54, 1.807) is 0 Å². The maximum absolute atomic E-state index is 12.1. The summed E-state index contributed by atoms with van der Waals surface area (Å²) in [6.07, 6.45) is 2.95. The Morgan fingerprint density at radius 3 is 2.16 bits per heavy atom. The zero-order valence-corrected chi connectivity index (χ0v) is 12.3. The van der Waals surface area contributed by atoms with E-state index in [-0.39, 0.29) is 11.3 Å². The number of hydrogen-bond acceptors (Lipinski definition) is 2. The van der Waals surface area contributed by atoms with Crippen molar-refractivity contribution in [2.75, 3.05) is 13.1 Å². The smallest absolute Gasteiger partial charge is 0.251 e. The first-order chi connectivity index (χ1) is 9.10. The Kier molecular flexibility index (Phi) is 6.03. The molecular weight excluding hydrogens is 236 g/mol. The molecule has 3 nitrogen and oxygen atoms in total. The van der Waals surface area contributed by atoms with Crippen LogP contribution in [-0.2, 0) is 6.42 Å². The van der Waals surface area contributed by atoms with Crippen molar-refractivity contribution in [3.63, 3.8) is 0 Å². The van der Waals surface area contributed by atoms with E-state index in [0.29, 0.717) is 13.1 Å². The van der Waals surface area contributed by atoms with Gasteiger partial charge in [0.25, 0.3) is 5.91 Å². The molecule has 0 saturated carbocycles. The molecule has 0 fully saturated rings. The van der Waals surface area contributed by atoms with Gasteiger partial charge in [-0.05, 0) is 48.9 Å². The fourth-order valence-corrected chi connectivity index (χ4v) is 2.12. The molecule has 0 aromatic heterocycles.